The largest absolute Gasteiger partial charge is 0.497 e. The van der Waals surface area contributed by atoms with Gasteiger partial charge in [-0.15, -0.1) is 0 Å². The SMILES string of the molecule is COc1cccc(C(=O)N2CCN(C(=O)Nc3ccc4c(c3)COC4)CC2)c1. The van der Waals surface area contributed by atoms with Gasteiger partial charge in [0.25, 0.3) is 5.91 Å². The number of piperazine rings is 1. The van der Waals surface area contributed by atoms with Crippen molar-refractivity contribution in [3.05, 3.63) is 59.2 Å². The van der Waals surface area contributed by atoms with E-state index < -0.39 is 0 Å². The lowest BCUT2D eigenvalue weighted by Crippen LogP contribution is -2.51. The van der Waals surface area contributed by atoms with E-state index in [1.807, 2.05) is 24.3 Å². The Morgan fingerprint density at radius 1 is 0.964 bits per heavy atom. The van der Waals surface area contributed by atoms with Crippen LogP contribution in [0.25, 0.3) is 0 Å². The second-order valence-corrected chi connectivity index (χ2v) is 6.92. The number of amides is 3. The van der Waals surface area contributed by atoms with Crippen molar-refractivity contribution in [3.8, 4) is 5.75 Å². The van der Waals surface area contributed by atoms with Crippen molar-refractivity contribution < 1.29 is 19.1 Å². The van der Waals surface area contributed by atoms with E-state index in [0.717, 1.165) is 11.3 Å². The number of hydrogen-bond acceptors (Lipinski definition) is 4. The highest BCUT2D eigenvalue weighted by molar-refractivity contribution is 5.95. The zero-order chi connectivity index (χ0) is 19.5. The van der Waals surface area contributed by atoms with Crippen molar-refractivity contribution in [2.24, 2.45) is 0 Å². The summed E-state index contributed by atoms with van der Waals surface area (Å²) in [6, 6.07) is 12.8. The van der Waals surface area contributed by atoms with Gasteiger partial charge in [0, 0.05) is 37.4 Å². The fourth-order valence-electron chi connectivity index (χ4n) is 3.50. The van der Waals surface area contributed by atoms with Crippen LogP contribution in [0.2, 0.25) is 0 Å². The van der Waals surface area contributed by atoms with Gasteiger partial charge in [0.2, 0.25) is 0 Å². The van der Waals surface area contributed by atoms with E-state index >= 15 is 0 Å². The van der Waals surface area contributed by atoms with Crippen molar-refractivity contribution in [3.63, 3.8) is 0 Å². The molecule has 2 aliphatic heterocycles. The monoisotopic (exact) mass is 381 g/mol. The normalized spacial score (nSPS) is 15.9. The predicted octanol–water partition coefficient (Wildman–Crippen LogP) is 2.72. The first-order valence-corrected chi connectivity index (χ1v) is 9.33. The van der Waals surface area contributed by atoms with E-state index in [1.54, 1.807) is 35.1 Å². The molecule has 0 unspecified atom stereocenters. The number of ether oxygens (including phenoxy) is 2. The average Bonchev–Trinajstić information content (AvgIpc) is 3.21. The molecule has 146 valence electrons. The third-order valence-electron chi connectivity index (χ3n) is 5.14. The van der Waals surface area contributed by atoms with Gasteiger partial charge in [-0.2, -0.15) is 0 Å². The number of rotatable bonds is 3. The lowest BCUT2D eigenvalue weighted by Gasteiger charge is -2.34. The summed E-state index contributed by atoms with van der Waals surface area (Å²) >= 11 is 0. The minimum atomic E-state index is -0.146. The number of benzene rings is 2. The van der Waals surface area contributed by atoms with Crippen LogP contribution in [-0.2, 0) is 18.0 Å². The highest BCUT2D eigenvalue weighted by Crippen LogP contribution is 2.23. The summed E-state index contributed by atoms with van der Waals surface area (Å²) in [6.07, 6.45) is 0. The first-order chi connectivity index (χ1) is 13.6. The molecule has 0 aliphatic carbocycles. The number of hydrogen-bond donors (Lipinski definition) is 1. The standard InChI is InChI=1S/C21H23N3O4/c1-27-19-4-2-3-15(12-19)20(25)23-7-9-24(10-8-23)21(26)22-18-6-5-16-13-28-14-17(16)11-18/h2-6,11-12H,7-10,13-14H2,1H3,(H,22,26). The maximum absolute atomic E-state index is 12.7. The Labute approximate surface area is 163 Å². The number of urea groups is 1. The quantitative estimate of drug-likeness (QED) is 0.888. The molecule has 0 bridgehead atoms. The van der Waals surface area contributed by atoms with Gasteiger partial charge in [-0.05, 0) is 41.5 Å². The topological polar surface area (TPSA) is 71.1 Å². The molecular formula is C21H23N3O4. The van der Waals surface area contributed by atoms with Gasteiger partial charge in [-0.3, -0.25) is 4.79 Å². The van der Waals surface area contributed by atoms with Gasteiger partial charge in [0.1, 0.15) is 5.75 Å². The second-order valence-electron chi connectivity index (χ2n) is 6.92. The molecule has 1 N–H and O–H groups in total. The Balaban J connectivity index is 1.33. The zero-order valence-corrected chi connectivity index (χ0v) is 15.8. The predicted molar refractivity (Wildman–Crippen MR) is 104 cm³/mol. The number of methoxy groups -OCH3 is 1. The van der Waals surface area contributed by atoms with Crippen LogP contribution in [0, 0.1) is 0 Å². The molecule has 2 aromatic carbocycles. The van der Waals surface area contributed by atoms with Gasteiger partial charge in [0.15, 0.2) is 0 Å². The minimum Gasteiger partial charge on any atom is -0.497 e. The summed E-state index contributed by atoms with van der Waals surface area (Å²) in [5.74, 6) is 0.612. The van der Waals surface area contributed by atoms with Crippen LogP contribution < -0.4 is 10.1 Å². The van der Waals surface area contributed by atoms with Crippen molar-refractivity contribution >= 4 is 17.6 Å². The molecule has 0 aromatic heterocycles. The summed E-state index contributed by atoms with van der Waals surface area (Å²) in [6.45, 7) is 3.21. The fraction of sp³-hybridized carbons (Fsp3) is 0.333. The molecule has 2 aromatic rings. The van der Waals surface area contributed by atoms with Gasteiger partial charge >= 0.3 is 6.03 Å². The van der Waals surface area contributed by atoms with Crippen LogP contribution >= 0.6 is 0 Å². The Bertz CT molecular complexity index is 891. The van der Waals surface area contributed by atoms with Gasteiger partial charge in [-0.1, -0.05) is 12.1 Å². The van der Waals surface area contributed by atoms with Crippen molar-refractivity contribution in [2.75, 3.05) is 38.6 Å². The summed E-state index contributed by atoms with van der Waals surface area (Å²) < 4.78 is 10.6. The summed E-state index contributed by atoms with van der Waals surface area (Å²) in [4.78, 5) is 28.7. The molecule has 2 aliphatic rings. The molecule has 3 amide bonds. The average molecular weight is 381 g/mol. The summed E-state index contributed by atoms with van der Waals surface area (Å²) in [5.41, 5.74) is 3.65. The molecule has 7 nitrogen and oxygen atoms in total. The van der Waals surface area contributed by atoms with E-state index in [4.69, 9.17) is 9.47 Å². The lowest BCUT2D eigenvalue weighted by atomic mass is 10.1. The third-order valence-corrected chi connectivity index (χ3v) is 5.14. The van der Waals surface area contributed by atoms with Gasteiger partial charge < -0.3 is 24.6 Å². The van der Waals surface area contributed by atoms with E-state index in [0.29, 0.717) is 50.7 Å². The molecular weight excluding hydrogens is 358 g/mol. The van der Waals surface area contributed by atoms with Gasteiger partial charge in [0.05, 0.1) is 20.3 Å². The van der Waals surface area contributed by atoms with Crippen molar-refractivity contribution in [1.82, 2.24) is 9.80 Å². The maximum Gasteiger partial charge on any atom is 0.321 e. The van der Waals surface area contributed by atoms with Crippen molar-refractivity contribution in [2.45, 2.75) is 13.2 Å². The summed E-state index contributed by atoms with van der Waals surface area (Å²) in [7, 11) is 1.58. The number of fused-ring (bicyclic) bond motifs is 1. The number of carbonyl (C=O) groups excluding carboxylic acids is 2. The molecule has 0 saturated carbocycles. The number of nitrogens with zero attached hydrogens (tertiary/aromatic N) is 2. The van der Waals surface area contributed by atoms with E-state index in [-0.39, 0.29) is 11.9 Å². The first kappa shape index (κ1) is 18.3. The van der Waals surface area contributed by atoms with Crippen LogP contribution in [0.5, 0.6) is 5.75 Å². The molecule has 1 saturated heterocycles. The summed E-state index contributed by atoms with van der Waals surface area (Å²) in [5, 5.41) is 2.94. The van der Waals surface area contributed by atoms with Gasteiger partial charge in [-0.25, -0.2) is 4.79 Å². The molecule has 28 heavy (non-hydrogen) atoms. The Morgan fingerprint density at radius 2 is 1.71 bits per heavy atom. The smallest absolute Gasteiger partial charge is 0.321 e. The van der Waals surface area contributed by atoms with Crippen LogP contribution in [0.4, 0.5) is 10.5 Å². The maximum atomic E-state index is 12.7. The number of carbonyl (C=O) groups is 2. The highest BCUT2D eigenvalue weighted by atomic mass is 16.5. The Hall–Kier alpha value is -3.06. The van der Waals surface area contributed by atoms with Crippen LogP contribution in [0.1, 0.15) is 21.5 Å². The fourth-order valence-corrected chi connectivity index (χ4v) is 3.50. The number of nitrogens with one attached hydrogen (secondary N) is 1. The van der Waals surface area contributed by atoms with Crippen LogP contribution in [0.15, 0.2) is 42.5 Å². The van der Waals surface area contributed by atoms with E-state index in [1.165, 1.54) is 5.56 Å². The Kier molecular flexibility index (Phi) is 5.16. The second kappa shape index (κ2) is 7.90. The molecule has 0 spiro atoms. The molecule has 2 heterocycles. The zero-order valence-electron chi connectivity index (χ0n) is 15.8. The molecule has 0 atom stereocenters. The molecule has 0 radical (unpaired) electrons. The van der Waals surface area contributed by atoms with E-state index in [2.05, 4.69) is 5.32 Å². The highest BCUT2D eigenvalue weighted by Gasteiger charge is 2.25. The molecule has 7 heteroatoms. The number of anilines is 1. The lowest BCUT2D eigenvalue weighted by molar-refractivity contribution is 0.0671. The molecule has 4 rings (SSSR count). The first-order valence-electron chi connectivity index (χ1n) is 9.33. The Morgan fingerprint density at radius 3 is 2.50 bits per heavy atom. The molecule has 1 fully saturated rings. The van der Waals surface area contributed by atoms with Crippen LogP contribution in [-0.4, -0.2) is 55.0 Å². The third kappa shape index (κ3) is 3.80. The van der Waals surface area contributed by atoms with Crippen molar-refractivity contribution in [1.29, 1.82) is 0 Å². The minimum absolute atomic E-state index is 0.0439. The van der Waals surface area contributed by atoms with Crippen LogP contribution in [0.3, 0.4) is 0 Å². The van der Waals surface area contributed by atoms with E-state index in [9.17, 15) is 9.59 Å².